The second-order valence-electron chi connectivity index (χ2n) is 9.31. The second kappa shape index (κ2) is 11.1. The van der Waals surface area contributed by atoms with Crippen LogP contribution < -0.4 is 10.1 Å². The van der Waals surface area contributed by atoms with E-state index in [0.717, 1.165) is 51.6 Å². The molecule has 0 unspecified atom stereocenters. The average Bonchev–Trinajstić information content (AvgIpc) is 3.21. The van der Waals surface area contributed by atoms with Gasteiger partial charge in [0.25, 0.3) is 0 Å². The van der Waals surface area contributed by atoms with E-state index in [-0.39, 0.29) is 5.91 Å². The molecule has 0 spiro atoms. The molecule has 5 rings (SSSR count). The van der Waals surface area contributed by atoms with Crippen LogP contribution in [0.1, 0.15) is 48.8 Å². The number of amides is 1. The molecule has 0 atom stereocenters. The van der Waals surface area contributed by atoms with Crippen LogP contribution in [0.15, 0.2) is 77.7 Å². The molecule has 4 aromatic rings. The topological polar surface area (TPSA) is 56.2 Å². The lowest BCUT2D eigenvalue weighted by molar-refractivity contribution is -0.121. The summed E-state index contributed by atoms with van der Waals surface area (Å²) < 4.78 is 9.38. The molecular weight excluding hydrogens is 502 g/mol. The quantitative estimate of drug-likeness (QED) is 0.285. The van der Waals surface area contributed by atoms with Gasteiger partial charge < -0.3 is 14.6 Å². The van der Waals surface area contributed by atoms with E-state index in [1.807, 2.05) is 42.7 Å². The van der Waals surface area contributed by atoms with E-state index in [9.17, 15) is 4.79 Å². The molecular formula is C29H30BrN3O2. The van der Waals surface area contributed by atoms with Crippen molar-refractivity contribution in [2.75, 3.05) is 0 Å². The number of hydrogen-bond donors (Lipinski definition) is 1. The fourth-order valence-electron chi connectivity index (χ4n) is 4.84. The van der Waals surface area contributed by atoms with E-state index >= 15 is 0 Å². The molecule has 1 saturated carbocycles. The highest BCUT2D eigenvalue weighted by atomic mass is 79.9. The number of ether oxygens (including phenoxy) is 1. The molecule has 1 fully saturated rings. The zero-order valence-electron chi connectivity index (χ0n) is 19.8. The summed E-state index contributed by atoms with van der Waals surface area (Å²) in [5, 5.41) is 4.33. The van der Waals surface area contributed by atoms with Crippen molar-refractivity contribution in [3.05, 3.63) is 94.4 Å². The molecule has 0 saturated heterocycles. The van der Waals surface area contributed by atoms with Crippen molar-refractivity contribution in [2.24, 2.45) is 0 Å². The average molecular weight is 532 g/mol. The molecule has 0 radical (unpaired) electrons. The number of carbonyl (C=O) groups is 1. The molecule has 2 heterocycles. The summed E-state index contributed by atoms with van der Waals surface area (Å²) in [4.78, 5) is 17.1. The Morgan fingerprint density at radius 3 is 2.54 bits per heavy atom. The van der Waals surface area contributed by atoms with Crippen molar-refractivity contribution in [2.45, 2.75) is 57.7 Å². The van der Waals surface area contributed by atoms with E-state index < -0.39 is 0 Å². The highest BCUT2D eigenvalue weighted by molar-refractivity contribution is 9.10. The number of fused-ring (bicyclic) bond motifs is 1. The van der Waals surface area contributed by atoms with Crippen molar-refractivity contribution < 1.29 is 9.53 Å². The van der Waals surface area contributed by atoms with Crippen LogP contribution in [0.3, 0.4) is 0 Å². The maximum Gasteiger partial charge on any atom is 0.224 e. The van der Waals surface area contributed by atoms with Gasteiger partial charge in [0.15, 0.2) is 0 Å². The zero-order chi connectivity index (χ0) is 24.0. The fourth-order valence-corrected chi connectivity index (χ4v) is 5.11. The van der Waals surface area contributed by atoms with Crippen LogP contribution in [0, 0.1) is 0 Å². The summed E-state index contributed by atoms with van der Waals surface area (Å²) in [7, 11) is 0. The van der Waals surface area contributed by atoms with Crippen molar-refractivity contribution in [3.63, 3.8) is 0 Å². The molecule has 0 bridgehead atoms. The summed E-state index contributed by atoms with van der Waals surface area (Å²) in [6.45, 7) is 1.22. The Bertz CT molecular complexity index is 1280. The zero-order valence-corrected chi connectivity index (χ0v) is 21.3. The van der Waals surface area contributed by atoms with Gasteiger partial charge in [-0.2, -0.15) is 0 Å². The highest BCUT2D eigenvalue weighted by Crippen LogP contribution is 2.28. The number of rotatable bonds is 8. The SMILES string of the molecule is O=C(Cc1cn(Cc2ccncc2)c2ccc(OCc3ccc(Br)cc3)cc12)NC1CCCCC1. The lowest BCUT2D eigenvalue weighted by Crippen LogP contribution is -2.37. The van der Waals surface area contributed by atoms with Crippen LogP contribution in [-0.4, -0.2) is 21.5 Å². The van der Waals surface area contributed by atoms with Gasteiger partial charge in [0, 0.05) is 46.6 Å². The molecule has 180 valence electrons. The number of benzene rings is 2. The molecule has 1 aliphatic rings. The third-order valence-corrected chi connectivity index (χ3v) is 7.21. The molecule has 35 heavy (non-hydrogen) atoms. The first-order valence-electron chi connectivity index (χ1n) is 12.3. The third-order valence-electron chi connectivity index (χ3n) is 6.68. The Kier molecular flexibility index (Phi) is 7.48. The van der Waals surface area contributed by atoms with E-state index in [1.54, 1.807) is 0 Å². The number of nitrogens with one attached hydrogen (secondary N) is 1. The van der Waals surface area contributed by atoms with Crippen molar-refractivity contribution in [3.8, 4) is 5.75 Å². The molecule has 2 aromatic carbocycles. The van der Waals surface area contributed by atoms with Crippen LogP contribution in [0.2, 0.25) is 0 Å². The van der Waals surface area contributed by atoms with Gasteiger partial charge in [-0.1, -0.05) is 47.3 Å². The monoisotopic (exact) mass is 531 g/mol. The van der Waals surface area contributed by atoms with Crippen molar-refractivity contribution in [1.82, 2.24) is 14.9 Å². The Morgan fingerprint density at radius 2 is 1.77 bits per heavy atom. The van der Waals surface area contributed by atoms with Crippen LogP contribution in [-0.2, 0) is 24.4 Å². The lowest BCUT2D eigenvalue weighted by Gasteiger charge is -2.22. The predicted octanol–water partition coefficient (Wildman–Crippen LogP) is 6.42. The standard InChI is InChI=1S/C29H30BrN3O2/c30-24-8-6-22(7-9-24)20-35-26-10-11-28-27(17-26)23(16-29(34)32-25-4-2-1-3-5-25)19-33(28)18-21-12-14-31-15-13-21/h6-15,17,19,25H,1-5,16,18,20H2,(H,32,34). The van der Waals surface area contributed by atoms with E-state index in [4.69, 9.17) is 4.74 Å². The summed E-state index contributed by atoms with van der Waals surface area (Å²) in [6.07, 6.45) is 12.0. The third kappa shape index (κ3) is 6.12. The first-order chi connectivity index (χ1) is 17.1. The van der Waals surface area contributed by atoms with Gasteiger partial charge >= 0.3 is 0 Å². The van der Waals surface area contributed by atoms with Crippen molar-refractivity contribution in [1.29, 1.82) is 0 Å². The Balaban J connectivity index is 1.39. The maximum atomic E-state index is 13.0. The summed E-state index contributed by atoms with van der Waals surface area (Å²) in [5.41, 5.74) is 4.40. The van der Waals surface area contributed by atoms with Gasteiger partial charge in [0.1, 0.15) is 12.4 Å². The number of aromatic nitrogens is 2. The first-order valence-corrected chi connectivity index (χ1v) is 13.1. The summed E-state index contributed by atoms with van der Waals surface area (Å²) in [5.74, 6) is 0.900. The minimum Gasteiger partial charge on any atom is -0.489 e. The predicted molar refractivity (Wildman–Crippen MR) is 142 cm³/mol. The van der Waals surface area contributed by atoms with E-state index in [1.165, 1.54) is 24.8 Å². The number of pyridine rings is 1. The van der Waals surface area contributed by atoms with E-state index in [0.29, 0.717) is 19.1 Å². The molecule has 1 N–H and O–H groups in total. The Labute approximate surface area is 214 Å². The molecule has 1 aliphatic carbocycles. The van der Waals surface area contributed by atoms with Crippen LogP contribution in [0.5, 0.6) is 5.75 Å². The number of hydrogen-bond acceptors (Lipinski definition) is 3. The van der Waals surface area contributed by atoms with Crippen molar-refractivity contribution >= 4 is 32.7 Å². The Hall–Kier alpha value is -3.12. The van der Waals surface area contributed by atoms with Gasteiger partial charge in [-0.15, -0.1) is 0 Å². The lowest BCUT2D eigenvalue weighted by atomic mass is 9.95. The maximum absolute atomic E-state index is 13.0. The van der Waals surface area contributed by atoms with E-state index in [2.05, 4.69) is 61.3 Å². The van der Waals surface area contributed by atoms with Crippen LogP contribution >= 0.6 is 15.9 Å². The van der Waals surface area contributed by atoms with Crippen LogP contribution in [0.4, 0.5) is 0 Å². The van der Waals surface area contributed by atoms with Gasteiger partial charge in [-0.05, 0) is 72.0 Å². The van der Waals surface area contributed by atoms with Gasteiger partial charge in [-0.3, -0.25) is 9.78 Å². The largest absolute Gasteiger partial charge is 0.489 e. The fraction of sp³-hybridized carbons (Fsp3) is 0.310. The first kappa shape index (κ1) is 23.6. The Morgan fingerprint density at radius 1 is 1.00 bits per heavy atom. The van der Waals surface area contributed by atoms with Crippen LogP contribution in [0.25, 0.3) is 10.9 Å². The molecule has 5 nitrogen and oxygen atoms in total. The summed E-state index contributed by atoms with van der Waals surface area (Å²) in [6, 6.07) is 18.7. The van der Waals surface area contributed by atoms with Gasteiger partial charge in [-0.25, -0.2) is 0 Å². The molecule has 0 aliphatic heterocycles. The smallest absolute Gasteiger partial charge is 0.224 e. The second-order valence-corrected chi connectivity index (χ2v) is 10.2. The number of carbonyl (C=O) groups excluding carboxylic acids is 1. The van der Waals surface area contributed by atoms with Gasteiger partial charge in [0.2, 0.25) is 5.91 Å². The highest BCUT2D eigenvalue weighted by Gasteiger charge is 2.18. The van der Waals surface area contributed by atoms with Gasteiger partial charge in [0.05, 0.1) is 6.42 Å². The molecule has 2 aromatic heterocycles. The summed E-state index contributed by atoms with van der Waals surface area (Å²) >= 11 is 3.47. The number of halogens is 1. The number of nitrogens with zero attached hydrogens (tertiary/aromatic N) is 2. The normalized spacial score (nSPS) is 14.2. The molecule has 1 amide bonds. The minimum atomic E-state index is 0.0982. The molecule has 6 heteroatoms. The minimum absolute atomic E-state index is 0.0982.